The molecule has 0 unspecified atom stereocenters. The number of hydrogen-bond donors (Lipinski definition) is 2. The number of benzene rings is 2. The number of nitrogens with one attached hydrogen (secondary N) is 1. The predicted octanol–water partition coefficient (Wildman–Crippen LogP) is 2.71. The van der Waals surface area contributed by atoms with Crippen molar-refractivity contribution in [1.29, 1.82) is 0 Å². The first-order chi connectivity index (χ1) is 10.7. The lowest BCUT2D eigenvalue weighted by molar-refractivity contribution is 0.0706. The Balaban J connectivity index is 2.15. The lowest BCUT2D eigenvalue weighted by atomic mass is 10.1. The number of hydroxylamine groups is 1. The maximum Gasteiger partial charge on any atom is 0.274 e. The number of ether oxygens (including phenoxy) is 1. The van der Waals surface area contributed by atoms with Gasteiger partial charge in [-0.1, -0.05) is 30.3 Å². The molecule has 2 aromatic carbocycles. The Kier molecular flexibility index (Phi) is 5.06. The van der Waals surface area contributed by atoms with Crippen LogP contribution in [0.25, 0.3) is 6.08 Å². The molecule has 112 valence electrons. The average Bonchev–Trinajstić information content (AvgIpc) is 2.59. The van der Waals surface area contributed by atoms with Gasteiger partial charge in [0, 0.05) is 16.7 Å². The molecule has 0 aliphatic heterocycles. The van der Waals surface area contributed by atoms with Gasteiger partial charge in [0.25, 0.3) is 5.91 Å². The van der Waals surface area contributed by atoms with Gasteiger partial charge in [-0.05, 0) is 30.4 Å². The van der Waals surface area contributed by atoms with Gasteiger partial charge >= 0.3 is 0 Å². The van der Waals surface area contributed by atoms with E-state index in [1.165, 1.54) is 35.8 Å². The molecule has 2 N–H and O–H groups in total. The van der Waals surface area contributed by atoms with Crippen molar-refractivity contribution < 1.29 is 19.5 Å². The molecular weight excluding hydrogens is 282 g/mol. The number of methoxy groups -OCH3 is 1. The first-order valence-corrected chi connectivity index (χ1v) is 6.55. The van der Waals surface area contributed by atoms with Crippen molar-refractivity contribution in [1.82, 2.24) is 5.48 Å². The molecule has 1 amide bonds. The van der Waals surface area contributed by atoms with Crippen LogP contribution >= 0.6 is 0 Å². The van der Waals surface area contributed by atoms with Crippen LogP contribution in [0.5, 0.6) is 5.75 Å². The van der Waals surface area contributed by atoms with Crippen LogP contribution in [0.4, 0.5) is 0 Å². The fraction of sp³-hybridized carbons (Fsp3) is 0.0588. The number of ketones is 1. The third-order valence-corrected chi connectivity index (χ3v) is 3.09. The van der Waals surface area contributed by atoms with E-state index in [9.17, 15) is 9.59 Å². The van der Waals surface area contributed by atoms with Gasteiger partial charge in [-0.15, -0.1) is 0 Å². The zero-order valence-electron chi connectivity index (χ0n) is 11.9. The summed E-state index contributed by atoms with van der Waals surface area (Å²) >= 11 is 0. The Morgan fingerprint density at radius 1 is 1.05 bits per heavy atom. The summed E-state index contributed by atoms with van der Waals surface area (Å²) in [6.45, 7) is 0. The molecule has 0 aliphatic carbocycles. The molecule has 0 aromatic heterocycles. The van der Waals surface area contributed by atoms with Crippen molar-refractivity contribution in [2.45, 2.75) is 0 Å². The first kappa shape index (κ1) is 15.5. The van der Waals surface area contributed by atoms with Gasteiger partial charge in [-0.25, -0.2) is 5.48 Å². The van der Waals surface area contributed by atoms with Gasteiger partial charge < -0.3 is 4.74 Å². The lowest BCUT2D eigenvalue weighted by Gasteiger charge is -2.03. The minimum Gasteiger partial charge on any atom is -0.496 e. The Morgan fingerprint density at radius 3 is 2.32 bits per heavy atom. The second kappa shape index (κ2) is 7.19. The maximum atomic E-state index is 12.1. The van der Waals surface area contributed by atoms with Gasteiger partial charge in [0.05, 0.1) is 7.11 Å². The maximum absolute atomic E-state index is 12.1. The van der Waals surface area contributed by atoms with E-state index in [0.717, 1.165) is 5.56 Å². The number of rotatable bonds is 5. The monoisotopic (exact) mass is 297 g/mol. The molecule has 0 radical (unpaired) electrons. The van der Waals surface area contributed by atoms with Crippen LogP contribution in [0.2, 0.25) is 0 Å². The summed E-state index contributed by atoms with van der Waals surface area (Å²) in [6.07, 6.45) is 3.12. The molecular formula is C17H15NO4. The number of amides is 1. The Labute approximate surface area is 127 Å². The molecule has 5 heteroatoms. The van der Waals surface area contributed by atoms with Crippen LogP contribution in [0.15, 0.2) is 54.6 Å². The molecule has 0 spiro atoms. The predicted molar refractivity (Wildman–Crippen MR) is 82.1 cm³/mol. The van der Waals surface area contributed by atoms with Crippen LogP contribution in [0.3, 0.4) is 0 Å². The van der Waals surface area contributed by atoms with Crippen LogP contribution in [0.1, 0.15) is 26.3 Å². The zero-order chi connectivity index (χ0) is 15.9. The van der Waals surface area contributed by atoms with Crippen LogP contribution in [-0.4, -0.2) is 24.0 Å². The molecule has 0 bridgehead atoms. The molecule has 0 heterocycles. The van der Waals surface area contributed by atoms with Crippen molar-refractivity contribution in [3.8, 4) is 5.75 Å². The van der Waals surface area contributed by atoms with E-state index in [-0.39, 0.29) is 11.3 Å². The minimum absolute atomic E-state index is 0.193. The quantitative estimate of drug-likeness (QED) is 0.385. The molecule has 0 atom stereocenters. The molecule has 0 aliphatic rings. The van der Waals surface area contributed by atoms with Gasteiger partial charge in [0.15, 0.2) is 5.78 Å². The molecule has 22 heavy (non-hydrogen) atoms. The van der Waals surface area contributed by atoms with Crippen molar-refractivity contribution in [3.05, 3.63) is 71.3 Å². The zero-order valence-corrected chi connectivity index (χ0v) is 11.9. The molecule has 5 nitrogen and oxygen atoms in total. The number of hydrogen-bond acceptors (Lipinski definition) is 4. The van der Waals surface area contributed by atoms with E-state index >= 15 is 0 Å². The van der Waals surface area contributed by atoms with Crippen molar-refractivity contribution in [2.24, 2.45) is 0 Å². The average molecular weight is 297 g/mol. The standard InChI is InChI=1S/C17H15NO4/c1-22-16-5-3-2-4-13(16)10-11-15(19)12-6-8-14(9-7-12)17(20)18-21/h2-11,21H,1H3,(H,18,20). The molecule has 0 saturated carbocycles. The van der Waals surface area contributed by atoms with Crippen LogP contribution < -0.4 is 10.2 Å². The number of allylic oxidation sites excluding steroid dienone is 1. The second-order valence-corrected chi connectivity index (χ2v) is 4.46. The van der Waals surface area contributed by atoms with Crippen molar-refractivity contribution >= 4 is 17.8 Å². The fourth-order valence-corrected chi connectivity index (χ4v) is 1.92. The Hall–Kier alpha value is -2.92. The van der Waals surface area contributed by atoms with E-state index in [2.05, 4.69) is 0 Å². The second-order valence-electron chi connectivity index (χ2n) is 4.46. The molecule has 2 aromatic rings. The summed E-state index contributed by atoms with van der Waals surface area (Å²) < 4.78 is 5.21. The molecule has 2 rings (SSSR count). The largest absolute Gasteiger partial charge is 0.496 e. The van der Waals surface area contributed by atoms with E-state index in [1.807, 2.05) is 24.3 Å². The Bertz CT molecular complexity index is 705. The van der Waals surface area contributed by atoms with Gasteiger partial charge in [0.1, 0.15) is 5.75 Å². The van der Waals surface area contributed by atoms with Gasteiger partial charge in [0.2, 0.25) is 0 Å². The number of carbonyl (C=O) groups excluding carboxylic acids is 2. The summed E-state index contributed by atoms with van der Waals surface area (Å²) in [6, 6.07) is 13.4. The van der Waals surface area contributed by atoms with Crippen LogP contribution in [-0.2, 0) is 0 Å². The third-order valence-electron chi connectivity index (χ3n) is 3.09. The van der Waals surface area contributed by atoms with Crippen molar-refractivity contribution in [3.63, 3.8) is 0 Å². The Morgan fingerprint density at radius 2 is 1.68 bits per heavy atom. The smallest absolute Gasteiger partial charge is 0.274 e. The third kappa shape index (κ3) is 3.59. The highest BCUT2D eigenvalue weighted by atomic mass is 16.5. The van der Waals surface area contributed by atoms with Crippen molar-refractivity contribution in [2.75, 3.05) is 7.11 Å². The van der Waals surface area contributed by atoms with Gasteiger partial charge in [-0.3, -0.25) is 14.8 Å². The normalized spacial score (nSPS) is 10.5. The summed E-state index contributed by atoms with van der Waals surface area (Å²) in [5, 5.41) is 8.54. The lowest BCUT2D eigenvalue weighted by Crippen LogP contribution is -2.18. The van der Waals surface area contributed by atoms with Crippen LogP contribution in [0, 0.1) is 0 Å². The fourth-order valence-electron chi connectivity index (χ4n) is 1.92. The minimum atomic E-state index is -0.622. The van der Waals surface area contributed by atoms with E-state index in [1.54, 1.807) is 13.2 Å². The highest BCUT2D eigenvalue weighted by molar-refractivity contribution is 6.07. The highest BCUT2D eigenvalue weighted by Gasteiger charge is 2.06. The molecule has 0 saturated heterocycles. The first-order valence-electron chi connectivity index (χ1n) is 6.55. The SMILES string of the molecule is COc1ccccc1C=CC(=O)c1ccc(C(=O)NO)cc1. The van der Waals surface area contributed by atoms with E-state index in [4.69, 9.17) is 9.94 Å². The van der Waals surface area contributed by atoms with E-state index in [0.29, 0.717) is 11.3 Å². The number of carbonyl (C=O) groups is 2. The summed E-state index contributed by atoms with van der Waals surface area (Å²) in [5.74, 6) is -0.132. The number of para-hydroxylation sites is 1. The van der Waals surface area contributed by atoms with E-state index < -0.39 is 5.91 Å². The highest BCUT2D eigenvalue weighted by Crippen LogP contribution is 2.19. The molecule has 0 fully saturated rings. The summed E-state index contributed by atoms with van der Waals surface area (Å²) in [7, 11) is 1.57. The summed E-state index contributed by atoms with van der Waals surface area (Å²) in [5.41, 5.74) is 3.05. The van der Waals surface area contributed by atoms with Gasteiger partial charge in [-0.2, -0.15) is 0 Å². The topological polar surface area (TPSA) is 75.6 Å². The summed E-state index contributed by atoms with van der Waals surface area (Å²) in [4.78, 5) is 23.3.